The van der Waals surface area contributed by atoms with E-state index in [1.165, 1.54) is 34.4 Å². The van der Waals surface area contributed by atoms with Crippen molar-refractivity contribution < 1.29 is 4.79 Å². The van der Waals surface area contributed by atoms with Crippen LogP contribution in [0.4, 0.5) is 5.13 Å². The molecule has 0 unspecified atom stereocenters. The van der Waals surface area contributed by atoms with Gasteiger partial charge in [-0.2, -0.15) is 0 Å². The summed E-state index contributed by atoms with van der Waals surface area (Å²) >= 11 is 10.1. The maximum atomic E-state index is 11.9. The Bertz CT molecular complexity index is 816. The molecule has 1 N–H and O–H groups in total. The van der Waals surface area contributed by atoms with E-state index in [0.717, 1.165) is 20.6 Å². The Morgan fingerprint density at radius 3 is 2.78 bits per heavy atom. The molecule has 5 nitrogen and oxygen atoms in total. The second kappa shape index (κ2) is 7.39. The normalized spacial score (nSPS) is 10.7. The first-order valence-corrected chi connectivity index (χ1v) is 9.60. The molecule has 0 aliphatic carbocycles. The second-order valence-electron chi connectivity index (χ2n) is 4.47. The predicted octanol–water partition coefficient (Wildman–Crippen LogP) is 4.35. The number of amides is 1. The molecule has 0 bridgehead atoms. The lowest BCUT2D eigenvalue weighted by Gasteiger charge is -1.99. The van der Waals surface area contributed by atoms with Crippen molar-refractivity contribution in [2.75, 3.05) is 11.1 Å². The van der Waals surface area contributed by atoms with E-state index in [1.807, 2.05) is 36.6 Å². The van der Waals surface area contributed by atoms with E-state index in [0.29, 0.717) is 10.2 Å². The van der Waals surface area contributed by atoms with Crippen LogP contribution in [0.2, 0.25) is 5.02 Å². The molecule has 1 aromatic carbocycles. The first-order chi connectivity index (χ1) is 11.1. The van der Waals surface area contributed by atoms with Crippen molar-refractivity contribution in [2.24, 2.45) is 0 Å². The fourth-order valence-electron chi connectivity index (χ4n) is 1.71. The van der Waals surface area contributed by atoms with Crippen molar-refractivity contribution in [1.82, 2.24) is 15.2 Å². The molecule has 0 saturated heterocycles. The lowest BCUT2D eigenvalue weighted by atomic mass is 10.2. The van der Waals surface area contributed by atoms with Crippen LogP contribution in [-0.2, 0) is 4.79 Å². The quantitative estimate of drug-likeness (QED) is 0.664. The lowest BCUT2D eigenvalue weighted by Crippen LogP contribution is -2.13. The molecule has 0 radical (unpaired) electrons. The molecule has 118 valence electrons. The van der Waals surface area contributed by atoms with Gasteiger partial charge < -0.3 is 0 Å². The van der Waals surface area contributed by atoms with Crippen LogP contribution in [0.3, 0.4) is 0 Å². The number of nitrogens with zero attached hydrogens (tertiary/aromatic N) is 3. The summed E-state index contributed by atoms with van der Waals surface area (Å²) in [6.07, 6.45) is 0. The smallest absolute Gasteiger partial charge is 0.236 e. The zero-order valence-electron chi connectivity index (χ0n) is 11.9. The molecule has 2 heterocycles. The Hall–Kier alpha value is -1.48. The van der Waals surface area contributed by atoms with Crippen LogP contribution in [0.15, 0.2) is 34.0 Å². The second-order valence-corrected chi connectivity index (χ2v) is 8.17. The highest BCUT2D eigenvalue weighted by Gasteiger charge is 2.10. The Balaban J connectivity index is 1.56. The standard InChI is InChI=1S/C14H11ClN4OS3/c1-8-18-19-13(23-8)17-12(20)7-22-14-16-11(6-21-14)9-2-4-10(15)5-3-9/h2-6H,7H2,1H3,(H,17,19,20). The summed E-state index contributed by atoms with van der Waals surface area (Å²) in [6, 6.07) is 7.52. The monoisotopic (exact) mass is 382 g/mol. The van der Waals surface area contributed by atoms with Gasteiger partial charge in [-0.15, -0.1) is 21.5 Å². The van der Waals surface area contributed by atoms with Crippen LogP contribution >= 0.6 is 46.0 Å². The molecule has 3 rings (SSSR count). The molecule has 2 aromatic heterocycles. The van der Waals surface area contributed by atoms with Crippen molar-refractivity contribution in [1.29, 1.82) is 0 Å². The molecule has 0 aliphatic heterocycles. The van der Waals surface area contributed by atoms with Crippen LogP contribution in [0, 0.1) is 6.92 Å². The average molecular weight is 383 g/mol. The highest BCUT2D eigenvalue weighted by Crippen LogP contribution is 2.29. The third-order valence-electron chi connectivity index (χ3n) is 2.72. The fourth-order valence-corrected chi connectivity index (χ4v) is 4.08. The summed E-state index contributed by atoms with van der Waals surface area (Å²) in [5.74, 6) is 0.168. The van der Waals surface area contributed by atoms with Crippen molar-refractivity contribution in [3.63, 3.8) is 0 Å². The van der Waals surface area contributed by atoms with Gasteiger partial charge in [0.2, 0.25) is 11.0 Å². The highest BCUT2D eigenvalue weighted by atomic mass is 35.5. The molecule has 3 aromatic rings. The van der Waals surface area contributed by atoms with Gasteiger partial charge in [0.15, 0.2) is 4.34 Å². The number of hydrogen-bond donors (Lipinski definition) is 1. The zero-order chi connectivity index (χ0) is 16.2. The molecule has 9 heteroatoms. The van der Waals surface area contributed by atoms with E-state index in [4.69, 9.17) is 11.6 Å². The number of aryl methyl sites for hydroxylation is 1. The third kappa shape index (κ3) is 4.51. The first kappa shape index (κ1) is 16.4. The van der Waals surface area contributed by atoms with Gasteiger partial charge in [-0.1, -0.05) is 46.8 Å². The number of nitrogens with one attached hydrogen (secondary N) is 1. The Morgan fingerprint density at radius 2 is 2.09 bits per heavy atom. The number of rotatable bonds is 5. The minimum atomic E-state index is -0.116. The number of carbonyl (C=O) groups excluding carboxylic acids is 1. The van der Waals surface area contributed by atoms with Gasteiger partial charge in [0.05, 0.1) is 11.4 Å². The number of thioether (sulfide) groups is 1. The molecule has 0 aliphatic rings. The van der Waals surface area contributed by atoms with Crippen LogP contribution in [0.1, 0.15) is 5.01 Å². The number of aromatic nitrogens is 3. The number of halogens is 1. The SMILES string of the molecule is Cc1nnc(NC(=O)CSc2nc(-c3ccc(Cl)cc3)cs2)s1. The number of carbonyl (C=O) groups is 1. The number of hydrogen-bond acceptors (Lipinski definition) is 7. The number of benzene rings is 1. The largest absolute Gasteiger partial charge is 0.300 e. The van der Waals surface area contributed by atoms with E-state index in [2.05, 4.69) is 20.5 Å². The summed E-state index contributed by atoms with van der Waals surface area (Å²) in [5.41, 5.74) is 1.89. The Morgan fingerprint density at radius 1 is 1.30 bits per heavy atom. The van der Waals surface area contributed by atoms with Gasteiger partial charge in [-0.05, 0) is 19.1 Å². The molecule has 1 amide bonds. The van der Waals surface area contributed by atoms with Crippen LogP contribution in [0.5, 0.6) is 0 Å². The molecule has 23 heavy (non-hydrogen) atoms. The topological polar surface area (TPSA) is 67.8 Å². The Labute approximate surface area is 150 Å². The van der Waals surface area contributed by atoms with Crippen molar-refractivity contribution >= 4 is 57.1 Å². The summed E-state index contributed by atoms with van der Waals surface area (Å²) in [7, 11) is 0. The lowest BCUT2D eigenvalue weighted by molar-refractivity contribution is -0.113. The van der Waals surface area contributed by atoms with Crippen molar-refractivity contribution in [3.8, 4) is 11.3 Å². The van der Waals surface area contributed by atoms with Gasteiger partial charge in [0, 0.05) is 16.0 Å². The van der Waals surface area contributed by atoms with E-state index >= 15 is 0 Å². The molecule has 0 fully saturated rings. The molecular weight excluding hydrogens is 372 g/mol. The number of anilines is 1. The molecular formula is C14H11ClN4OS3. The van der Waals surface area contributed by atoms with E-state index in [9.17, 15) is 4.79 Å². The third-order valence-corrected chi connectivity index (χ3v) is 5.75. The van der Waals surface area contributed by atoms with Crippen LogP contribution in [0.25, 0.3) is 11.3 Å². The molecule has 0 atom stereocenters. The highest BCUT2D eigenvalue weighted by molar-refractivity contribution is 8.01. The summed E-state index contributed by atoms with van der Waals surface area (Å²) in [4.78, 5) is 16.4. The van der Waals surface area contributed by atoms with Crippen LogP contribution in [-0.4, -0.2) is 26.8 Å². The maximum Gasteiger partial charge on any atom is 0.236 e. The average Bonchev–Trinajstić information content (AvgIpc) is 3.15. The van der Waals surface area contributed by atoms with Gasteiger partial charge in [0.1, 0.15) is 5.01 Å². The van der Waals surface area contributed by atoms with Gasteiger partial charge in [-0.3, -0.25) is 10.1 Å². The zero-order valence-corrected chi connectivity index (χ0v) is 15.2. The number of thiazole rings is 1. The predicted molar refractivity (Wildman–Crippen MR) is 96.6 cm³/mol. The van der Waals surface area contributed by atoms with Gasteiger partial charge >= 0.3 is 0 Å². The summed E-state index contributed by atoms with van der Waals surface area (Å²) in [6.45, 7) is 1.84. The minimum Gasteiger partial charge on any atom is -0.300 e. The van der Waals surface area contributed by atoms with Crippen LogP contribution < -0.4 is 5.32 Å². The van der Waals surface area contributed by atoms with Gasteiger partial charge in [-0.25, -0.2) is 4.98 Å². The van der Waals surface area contributed by atoms with Gasteiger partial charge in [0.25, 0.3) is 0 Å². The molecule has 0 saturated carbocycles. The van der Waals surface area contributed by atoms with E-state index in [1.54, 1.807) is 0 Å². The minimum absolute atomic E-state index is 0.116. The Kier molecular flexibility index (Phi) is 5.27. The van der Waals surface area contributed by atoms with E-state index < -0.39 is 0 Å². The van der Waals surface area contributed by atoms with Crippen molar-refractivity contribution in [3.05, 3.63) is 39.7 Å². The summed E-state index contributed by atoms with van der Waals surface area (Å²) < 4.78 is 0.846. The molecule has 0 spiro atoms. The first-order valence-electron chi connectivity index (χ1n) is 6.54. The van der Waals surface area contributed by atoms with E-state index in [-0.39, 0.29) is 11.7 Å². The summed E-state index contributed by atoms with van der Waals surface area (Å²) in [5, 5.41) is 14.5. The van der Waals surface area contributed by atoms with Crippen molar-refractivity contribution in [2.45, 2.75) is 11.3 Å². The maximum absolute atomic E-state index is 11.9. The fraction of sp³-hybridized carbons (Fsp3) is 0.143.